The largest absolute Gasteiger partial charge is 0.459 e. The fraction of sp³-hybridized carbons (Fsp3) is 0.438. The minimum absolute atomic E-state index is 0.154. The molecule has 2 aromatic rings. The van der Waals surface area contributed by atoms with Gasteiger partial charge >= 0.3 is 0 Å². The van der Waals surface area contributed by atoms with Crippen LogP contribution in [0.25, 0.3) is 0 Å². The second kappa shape index (κ2) is 7.23. The summed E-state index contributed by atoms with van der Waals surface area (Å²) in [6, 6.07) is 3.38. The highest BCUT2D eigenvalue weighted by Gasteiger charge is 2.21. The van der Waals surface area contributed by atoms with Crippen molar-refractivity contribution in [3.8, 4) is 0 Å². The molecule has 0 radical (unpaired) electrons. The van der Waals surface area contributed by atoms with Gasteiger partial charge in [-0.2, -0.15) is 0 Å². The molecule has 2 aromatic heterocycles. The molecule has 7 nitrogen and oxygen atoms in total. The molecule has 0 bridgehead atoms. The van der Waals surface area contributed by atoms with E-state index in [9.17, 15) is 4.79 Å². The molecule has 1 aliphatic rings. The molecule has 0 spiro atoms. The standard InChI is InChI=1S/C16H21N5O2/c17-16-19-8-13(9-20-16)11-21-5-1-3-12(10-21)7-18-15(22)14-4-2-6-23-14/h2,4,6,8-9,12H,1,3,5,7,10-11H2,(H,18,22)(H2,17,19,20)/t12-/m1/s1. The summed E-state index contributed by atoms with van der Waals surface area (Å²) in [5.41, 5.74) is 6.56. The van der Waals surface area contributed by atoms with Gasteiger partial charge in [0.25, 0.3) is 5.91 Å². The number of carbonyl (C=O) groups excluding carboxylic acids is 1. The van der Waals surface area contributed by atoms with Gasteiger partial charge in [-0.3, -0.25) is 9.69 Å². The van der Waals surface area contributed by atoms with E-state index in [1.807, 2.05) is 0 Å². The van der Waals surface area contributed by atoms with Gasteiger partial charge in [0.1, 0.15) is 0 Å². The molecule has 3 N–H and O–H groups in total. The summed E-state index contributed by atoms with van der Waals surface area (Å²) in [5, 5.41) is 2.95. The molecule has 3 heterocycles. The first kappa shape index (κ1) is 15.5. The number of nitrogens with zero attached hydrogens (tertiary/aromatic N) is 3. The van der Waals surface area contributed by atoms with Crippen LogP contribution in [0, 0.1) is 5.92 Å². The molecule has 3 rings (SSSR count). The van der Waals surface area contributed by atoms with E-state index in [0.717, 1.165) is 38.0 Å². The fourth-order valence-electron chi connectivity index (χ4n) is 2.90. The van der Waals surface area contributed by atoms with Crippen molar-refractivity contribution < 1.29 is 9.21 Å². The molecule has 1 amide bonds. The number of aromatic nitrogens is 2. The van der Waals surface area contributed by atoms with Crippen LogP contribution in [-0.4, -0.2) is 40.4 Å². The van der Waals surface area contributed by atoms with Crippen LogP contribution >= 0.6 is 0 Å². The first-order chi connectivity index (χ1) is 11.2. The number of nitrogen functional groups attached to an aromatic ring is 1. The summed E-state index contributed by atoms with van der Waals surface area (Å²) in [6.07, 6.45) is 7.28. The zero-order chi connectivity index (χ0) is 16.1. The summed E-state index contributed by atoms with van der Waals surface area (Å²) in [5.74, 6) is 0.944. The minimum Gasteiger partial charge on any atom is -0.459 e. The topological polar surface area (TPSA) is 97.3 Å². The molecule has 0 unspecified atom stereocenters. The average Bonchev–Trinajstić information content (AvgIpc) is 3.10. The van der Waals surface area contributed by atoms with Crippen molar-refractivity contribution >= 4 is 11.9 Å². The lowest BCUT2D eigenvalue weighted by Gasteiger charge is -2.32. The summed E-state index contributed by atoms with van der Waals surface area (Å²) in [6.45, 7) is 3.47. The molecule has 122 valence electrons. The Morgan fingerprint density at radius 3 is 3.00 bits per heavy atom. The Bertz CT molecular complexity index is 626. The van der Waals surface area contributed by atoms with Crippen LogP contribution < -0.4 is 11.1 Å². The number of amides is 1. The Kier molecular flexibility index (Phi) is 4.87. The third-order valence-corrected chi connectivity index (χ3v) is 4.03. The van der Waals surface area contributed by atoms with Crippen LogP contribution in [0.4, 0.5) is 5.95 Å². The van der Waals surface area contributed by atoms with Gasteiger partial charge in [0.2, 0.25) is 5.95 Å². The normalized spacial score (nSPS) is 18.7. The third kappa shape index (κ3) is 4.29. The lowest BCUT2D eigenvalue weighted by atomic mass is 9.97. The third-order valence-electron chi connectivity index (χ3n) is 4.03. The van der Waals surface area contributed by atoms with Gasteiger partial charge in [-0.1, -0.05) is 0 Å². The highest BCUT2D eigenvalue weighted by atomic mass is 16.3. The highest BCUT2D eigenvalue weighted by Crippen LogP contribution is 2.18. The number of hydrogen-bond donors (Lipinski definition) is 2. The van der Waals surface area contributed by atoms with Crippen molar-refractivity contribution in [1.29, 1.82) is 0 Å². The van der Waals surface area contributed by atoms with Crippen LogP contribution in [0.3, 0.4) is 0 Å². The Morgan fingerprint density at radius 2 is 2.26 bits per heavy atom. The molecule has 0 saturated carbocycles. The number of likely N-dealkylation sites (tertiary alicyclic amines) is 1. The van der Waals surface area contributed by atoms with E-state index in [1.165, 1.54) is 6.26 Å². The monoisotopic (exact) mass is 315 g/mol. The molecular weight excluding hydrogens is 294 g/mol. The van der Waals surface area contributed by atoms with Crippen LogP contribution in [0.2, 0.25) is 0 Å². The van der Waals surface area contributed by atoms with Gasteiger partial charge in [0.15, 0.2) is 5.76 Å². The molecule has 23 heavy (non-hydrogen) atoms. The van der Waals surface area contributed by atoms with Crippen LogP contribution in [0.5, 0.6) is 0 Å². The van der Waals surface area contributed by atoms with E-state index in [-0.39, 0.29) is 5.91 Å². The predicted octanol–water partition coefficient (Wildman–Crippen LogP) is 1.29. The molecule has 7 heteroatoms. The quantitative estimate of drug-likeness (QED) is 0.863. The van der Waals surface area contributed by atoms with Crippen LogP contribution in [0.15, 0.2) is 35.2 Å². The maximum Gasteiger partial charge on any atom is 0.286 e. The molecular formula is C16H21N5O2. The zero-order valence-electron chi connectivity index (χ0n) is 12.9. The van der Waals surface area contributed by atoms with Crippen molar-refractivity contribution in [1.82, 2.24) is 20.2 Å². The maximum absolute atomic E-state index is 11.9. The maximum atomic E-state index is 11.9. The van der Waals surface area contributed by atoms with E-state index >= 15 is 0 Å². The Morgan fingerprint density at radius 1 is 1.43 bits per heavy atom. The number of carbonyl (C=O) groups is 1. The predicted molar refractivity (Wildman–Crippen MR) is 85.5 cm³/mol. The van der Waals surface area contributed by atoms with Crippen LogP contribution in [-0.2, 0) is 6.54 Å². The van der Waals surface area contributed by atoms with Crippen molar-refractivity contribution in [3.05, 3.63) is 42.1 Å². The van der Waals surface area contributed by atoms with E-state index in [1.54, 1.807) is 24.5 Å². The van der Waals surface area contributed by atoms with E-state index in [4.69, 9.17) is 10.2 Å². The summed E-state index contributed by atoms with van der Waals surface area (Å²) < 4.78 is 5.10. The Hall–Kier alpha value is -2.41. The lowest BCUT2D eigenvalue weighted by molar-refractivity contribution is 0.0903. The minimum atomic E-state index is -0.154. The van der Waals surface area contributed by atoms with Crippen molar-refractivity contribution in [2.45, 2.75) is 19.4 Å². The van der Waals surface area contributed by atoms with Crippen molar-refractivity contribution in [3.63, 3.8) is 0 Å². The SMILES string of the molecule is Nc1ncc(CN2CCC[C@H](CNC(=O)c3ccco3)C2)cn1. The second-order valence-electron chi connectivity index (χ2n) is 5.88. The summed E-state index contributed by atoms with van der Waals surface area (Å²) in [7, 11) is 0. The number of hydrogen-bond acceptors (Lipinski definition) is 6. The number of nitrogens with one attached hydrogen (secondary N) is 1. The summed E-state index contributed by atoms with van der Waals surface area (Å²) >= 11 is 0. The number of anilines is 1. The molecule has 1 fully saturated rings. The van der Waals surface area contributed by atoms with Crippen molar-refractivity contribution in [2.75, 3.05) is 25.4 Å². The molecule has 1 saturated heterocycles. The lowest BCUT2D eigenvalue weighted by Crippen LogP contribution is -2.40. The van der Waals surface area contributed by atoms with E-state index in [0.29, 0.717) is 24.2 Å². The number of nitrogens with two attached hydrogens (primary N) is 1. The van der Waals surface area contributed by atoms with Gasteiger partial charge in [0.05, 0.1) is 6.26 Å². The summed E-state index contributed by atoms with van der Waals surface area (Å²) in [4.78, 5) is 22.3. The van der Waals surface area contributed by atoms with E-state index in [2.05, 4.69) is 20.2 Å². The molecule has 0 aliphatic carbocycles. The van der Waals surface area contributed by atoms with E-state index < -0.39 is 0 Å². The van der Waals surface area contributed by atoms with Gasteiger partial charge < -0.3 is 15.5 Å². The molecule has 1 aliphatic heterocycles. The van der Waals surface area contributed by atoms with Gasteiger partial charge in [-0.05, 0) is 37.4 Å². The van der Waals surface area contributed by atoms with Crippen LogP contribution in [0.1, 0.15) is 29.0 Å². The average molecular weight is 315 g/mol. The molecule has 0 aromatic carbocycles. The van der Waals surface area contributed by atoms with Gasteiger partial charge in [0, 0.05) is 37.6 Å². The zero-order valence-corrected chi connectivity index (χ0v) is 12.9. The first-order valence-corrected chi connectivity index (χ1v) is 7.81. The Labute approximate surface area is 134 Å². The number of piperidine rings is 1. The Balaban J connectivity index is 1.48. The van der Waals surface area contributed by atoms with Gasteiger partial charge in [-0.15, -0.1) is 0 Å². The second-order valence-corrected chi connectivity index (χ2v) is 5.88. The van der Waals surface area contributed by atoms with Crippen molar-refractivity contribution in [2.24, 2.45) is 5.92 Å². The number of furan rings is 1. The highest BCUT2D eigenvalue weighted by molar-refractivity contribution is 5.91. The smallest absolute Gasteiger partial charge is 0.286 e. The first-order valence-electron chi connectivity index (χ1n) is 7.81. The van der Waals surface area contributed by atoms with Gasteiger partial charge in [-0.25, -0.2) is 9.97 Å². The molecule has 1 atom stereocenters. The number of rotatable bonds is 5. The fourth-order valence-corrected chi connectivity index (χ4v) is 2.90.